The third-order valence-electron chi connectivity index (χ3n) is 5.26. The Labute approximate surface area is 153 Å². The summed E-state index contributed by atoms with van der Waals surface area (Å²) < 4.78 is 12.7. The molecule has 130 valence electrons. The summed E-state index contributed by atoms with van der Waals surface area (Å²) in [6.45, 7) is 2.59. The van der Waals surface area contributed by atoms with E-state index in [9.17, 15) is 0 Å². The first-order valence-electron chi connectivity index (χ1n) is 8.82. The number of aryl methyl sites for hydroxylation is 1. The van der Waals surface area contributed by atoms with Crippen LogP contribution in [-0.2, 0) is 12.8 Å². The van der Waals surface area contributed by atoms with E-state index in [1.165, 1.54) is 22.2 Å². The highest BCUT2D eigenvalue weighted by atomic mass is 32.1. The number of hydrogen-bond donors (Lipinski definition) is 0. The van der Waals surface area contributed by atoms with Crippen molar-refractivity contribution in [1.29, 1.82) is 0 Å². The standard InChI is InChI=1S/C19H16N4O2S/c1-10-2-5-15-12(6-10)16-18-21-17(22-23(18)8-20-19(16)26-15)11-3-4-13-14(7-11)25-9-24-13/h3-4,7-8,10H,2,5-6,9H2,1H3/t10-/m0/s1. The van der Waals surface area contributed by atoms with Crippen molar-refractivity contribution in [2.75, 3.05) is 6.79 Å². The van der Waals surface area contributed by atoms with Crippen LogP contribution >= 0.6 is 11.3 Å². The molecule has 1 aliphatic carbocycles. The van der Waals surface area contributed by atoms with Gasteiger partial charge in [0, 0.05) is 10.4 Å². The number of rotatable bonds is 1. The first-order chi connectivity index (χ1) is 12.8. The van der Waals surface area contributed by atoms with Gasteiger partial charge in [0.05, 0.1) is 5.39 Å². The van der Waals surface area contributed by atoms with Crippen LogP contribution in [0.1, 0.15) is 23.8 Å². The third kappa shape index (κ3) is 2.00. The molecular formula is C19H16N4O2S. The number of nitrogens with zero attached hydrogens (tertiary/aromatic N) is 4. The molecule has 1 aromatic carbocycles. The van der Waals surface area contributed by atoms with Crippen LogP contribution in [0.2, 0.25) is 0 Å². The minimum Gasteiger partial charge on any atom is -0.454 e. The maximum absolute atomic E-state index is 5.48. The number of benzene rings is 1. The second-order valence-electron chi connectivity index (χ2n) is 7.05. The average molecular weight is 364 g/mol. The van der Waals surface area contributed by atoms with Gasteiger partial charge in [-0.2, -0.15) is 0 Å². The molecule has 0 spiro atoms. The zero-order valence-electron chi connectivity index (χ0n) is 14.2. The fourth-order valence-corrected chi connectivity index (χ4v) is 5.08. The number of fused-ring (bicyclic) bond motifs is 6. The van der Waals surface area contributed by atoms with Gasteiger partial charge in [-0.1, -0.05) is 6.92 Å². The summed E-state index contributed by atoms with van der Waals surface area (Å²) in [7, 11) is 0. The van der Waals surface area contributed by atoms with Gasteiger partial charge in [0.1, 0.15) is 11.2 Å². The van der Waals surface area contributed by atoms with E-state index in [4.69, 9.17) is 14.5 Å². The van der Waals surface area contributed by atoms with Crippen molar-refractivity contribution in [3.63, 3.8) is 0 Å². The fraction of sp³-hybridized carbons (Fsp3) is 0.316. The first-order valence-corrected chi connectivity index (χ1v) is 9.63. The SMILES string of the molecule is C[C@H]1CCc2sc3ncn4nc(-c5ccc6c(c5)OCO6)nc4c3c2C1. The van der Waals surface area contributed by atoms with Gasteiger partial charge in [0.25, 0.3) is 0 Å². The lowest BCUT2D eigenvalue weighted by atomic mass is 9.89. The van der Waals surface area contributed by atoms with Gasteiger partial charge < -0.3 is 9.47 Å². The van der Waals surface area contributed by atoms with E-state index in [1.807, 2.05) is 29.5 Å². The topological polar surface area (TPSA) is 61.5 Å². The average Bonchev–Trinajstić information content (AvgIpc) is 3.35. The minimum atomic E-state index is 0.265. The first kappa shape index (κ1) is 14.5. The van der Waals surface area contributed by atoms with E-state index < -0.39 is 0 Å². The Hall–Kier alpha value is -2.67. The van der Waals surface area contributed by atoms with Gasteiger partial charge in [0.2, 0.25) is 6.79 Å². The summed E-state index contributed by atoms with van der Waals surface area (Å²) in [4.78, 5) is 12.0. The molecule has 6 nitrogen and oxygen atoms in total. The zero-order valence-corrected chi connectivity index (χ0v) is 15.0. The molecule has 0 amide bonds. The Morgan fingerprint density at radius 2 is 2.15 bits per heavy atom. The number of aromatic nitrogens is 4. The Balaban J connectivity index is 1.56. The van der Waals surface area contributed by atoms with Crippen LogP contribution in [-0.4, -0.2) is 26.4 Å². The monoisotopic (exact) mass is 364 g/mol. The van der Waals surface area contributed by atoms with Gasteiger partial charge >= 0.3 is 0 Å². The molecule has 2 aliphatic rings. The second-order valence-corrected chi connectivity index (χ2v) is 8.13. The van der Waals surface area contributed by atoms with Crippen LogP contribution in [0.25, 0.3) is 27.3 Å². The number of ether oxygens (including phenoxy) is 2. The van der Waals surface area contributed by atoms with Crippen molar-refractivity contribution in [2.24, 2.45) is 5.92 Å². The van der Waals surface area contributed by atoms with E-state index in [1.54, 1.807) is 10.8 Å². The largest absolute Gasteiger partial charge is 0.454 e. The van der Waals surface area contributed by atoms with Crippen molar-refractivity contribution < 1.29 is 9.47 Å². The summed E-state index contributed by atoms with van der Waals surface area (Å²) in [5, 5.41) is 5.84. The van der Waals surface area contributed by atoms with E-state index in [-0.39, 0.29) is 6.79 Å². The summed E-state index contributed by atoms with van der Waals surface area (Å²) >= 11 is 1.81. The lowest BCUT2D eigenvalue weighted by Gasteiger charge is -2.17. The minimum absolute atomic E-state index is 0.265. The quantitative estimate of drug-likeness (QED) is 0.513. The summed E-state index contributed by atoms with van der Waals surface area (Å²) in [6, 6.07) is 5.82. The Morgan fingerprint density at radius 3 is 3.12 bits per heavy atom. The van der Waals surface area contributed by atoms with Gasteiger partial charge in [-0.05, 0) is 48.9 Å². The van der Waals surface area contributed by atoms with Crippen LogP contribution in [0.3, 0.4) is 0 Å². The number of hydrogen-bond acceptors (Lipinski definition) is 6. The Kier molecular flexibility index (Phi) is 2.88. The van der Waals surface area contributed by atoms with Gasteiger partial charge in [-0.15, -0.1) is 16.4 Å². The van der Waals surface area contributed by atoms with Crippen LogP contribution in [0.5, 0.6) is 11.5 Å². The predicted molar refractivity (Wildman–Crippen MR) is 98.9 cm³/mol. The molecule has 4 heterocycles. The van der Waals surface area contributed by atoms with Crippen molar-refractivity contribution >= 4 is 27.2 Å². The van der Waals surface area contributed by atoms with Crippen LogP contribution in [0, 0.1) is 5.92 Å². The van der Waals surface area contributed by atoms with Gasteiger partial charge in [-0.25, -0.2) is 14.5 Å². The molecule has 1 atom stereocenters. The van der Waals surface area contributed by atoms with Crippen LogP contribution < -0.4 is 9.47 Å². The highest BCUT2D eigenvalue weighted by Gasteiger charge is 2.24. The normalized spacial score (nSPS) is 18.6. The summed E-state index contributed by atoms with van der Waals surface area (Å²) in [5.74, 6) is 2.90. The molecule has 0 radical (unpaired) electrons. The Morgan fingerprint density at radius 1 is 1.23 bits per heavy atom. The molecule has 26 heavy (non-hydrogen) atoms. The molecule has 0 fully saturated rings. The van der Waals surface area contributed by atoms with Crippen molar-refractivity contribution in [2.45, 2.75) is 26.2 Å². The lowest BCUT2D eigenvalue weighted by Crippen LogP contribution is -2.09. The van der Waals surface area contributed by atoms with Crippen molar-refractivity contribution in [1.82, 2.24) is 19.6 Å². The maximum Gasteiger partial charge on any atom is 0.231 e. The fourth-order valence-electron chi connectivity index (χ4n) is 3.90. The van der Waals surface area contributed by atoms with Crippen LogP contribution in [0.4, 0.5) is 0 Å². The molecule has 0 unspecified atom stereocenters. The number of thiophene rings is 1. The third-order valence-corrected chi connectivity index (χ3v) is 6.46. The molecule has 4 aromatic rings. The van der Waals surface area contributed by atoms with Crippen molar-refractivity contribution in [3.8, 4) is 22.9 Å². The molecule has 7 heteroatoms. The molecule has 0 N–H and O–H groups in total. The van der Waals surface area contributed by atoms with Gasteiger partial charge in [0.15, 0.2) is 23.0 Å². The Bertz CT molecular complexity index is 1180. The maximum atomic E-state index is 5.48. The zero-order chi connectivity index (χ0) is 17.3. The van der Waals surface area contributed by atoms with E-state index in [0.29, 0.717) is 11.7 Å². The summed E-state index contributed by atoms with van der Waals surface area (Å²) in [6.07, 6.45) is 5.27. The molecule has 0 saturated carbocycles. The molecular weight excluding hydrogens is 348 g/mol. The molecule has 0 bridgehead atoms. The lowest BCUT2D eigenvalue weighted by molar-refractivity contribution is 0.174. The molecule has 1 aliphatic heterocycles. The highest BCUT2D eigenvalue weighted by molar-refractivity contribution is 7.19. The molecule has 6 rings (SSSR count). The van der Waals surface area contributed by atoms with Crippen molar-refractivity contribution in [3.05, 3.63) is 35.0 Å². The highest BCUT2D eigenvalue weighted by Crippen LogP contribution is 2.39. The van der Waals surface area contributed by atoms with E-state index in [0.717, 1.165) is 40.4 Å². The second kappa shape index (κ2) is 5.17. The van der Waals surface area contributed by atoms with Gasteiger partial charge in [-0.3, -0.25) is 0 Å². The van der Waals surface area contributed by atoms with E-state index in [2.05, 4.69) is 17.0 Å². The smallest absolute Gasteiger partial charge is 0.231 e. The summed E-state index contributed by atoms with van der Waals surface area (Å²) in [5.41, 5.74) is 3.24. The van der Waals surface area contributed by atoms with E-state index >= 15 is 0 Å². The molecule has 0 saturated heterocycles. The predicted octanol–water partition coefficient (Wildman–Crippen LogP) is 3.86. The van der Waals surface area contributed by atoms with Crippen LogP contribution in [0.15, 0.2) is 24.5 Å². The molecule has 3 aromatic heterocycles.